The van der Waals surface area contributed by atoms with Gasteiger partial charge in [-0.1, -0.05) is 10.8 Å². The molecule has 0 unspecified atom stereocenters. The predicted octanol–water partition coefficient (Wildman–Crippen LogP) is -1.72. The van der Waals surface area contributed by atoms with Crippen LogP contribution in [0.3, 0.4) is 0 Å². The lowest BCUT2D eigenvalue weighted by Gasteiger charge is -2.37. The average Bonchev–Trinajstić information content (AvgIpc) is 2.55. The molecule has 0 spiro atoms. The molecule has 18 heavy (non-hydrogen) atoms. The van der Waals surface area contributed by atoms with Crippen LogP contribution in [0, 0.1) is 0 Å². The second-order valence-corrected chi connectivity index (χ2v) is 4.97. The van der Waals surface area contributed by atoms with E-state index < -0.39 is 16.2 Å². The van der Waals surface area contributed by atoms with Crippen molar-refractivity contribution in [2.45, 2.75) is 22.7 Å². The Bertz CT molecular complexity index is 543. The van der Waals surface area contributed by atoms with Crippen molar-refractivity contribution in [1.29, 1.82) is 0 Å². The highest BCUT2D eigenvalue weighted by Crippen LogP contribution is 2.47. The van der Waals surface area contributed by atoms with Gasteiger partial charge in [-0.25, -0.2) is 0 Å². The van der Waals surface area contributed by atoms with Crippen LogP contribution in [0.15, 0.2) is 12.1 Å². The van der Waals surface area contributed by atoms with Gasteiger partial charge in [0.15, 0.2) is 32.8 Å². The first-order valence-corrected chi connectivity index (χ1v) is 5.41. The lowest BCUT2D eigenvalue weighted by atomic mass is 9.40. The third kappa shape index (κ3) is 1.48. The number of hydrogen-bond acceptors (Lipinski definition) is 3. The van der Waals surface area contributed by atoms with Gasteiger partial charge in [-0.2, -0.15) is 0 Å². The summed E-state index contributed by atoms with van der Waals surface area (Å²) in [5.41, 5.74) is 4.41. The van der Waals surface area contributed by atoms with Gasteiger partial charge in [-0.3, -0.25) is 0 Å². The molecule has 3 rings (SSSR count). The minimum absolute atomic E-state index is 0.327. The SMILES string of the molecule is [B]C1([B])Oc2cc3c(cc2O1)C([B])([B])[C@]([B])(N)C3. The molecule has 3 nitrogen and oxygen atoms in total. The van der Waals surface area contributed by atoms with Gasteiger partial charge in [0, 0.05) is 0 Å². The molecule has 0 fully saturated rings. The molecule has 78 valence electrons. The van der Waals surface area contributed by atoms with Crippen LogP contribution < -0.4 is 15.2 Å². The van der Waals surface area contributed by atoms with Gasteiger partial charge in [0.2, 0.25) is 0 Å². The molecule has 1 aliphatic carbocycles. The summed E-state index contributed by atoms with van der Waals surface area (Å²) in [5.74, 6) is 0.795. The van der Waals surface area contributed by atoms with E-state index in [1.54, 1.807) is 12.1 Å². The Morgan fingerprint density at radius 3 is 2.17 bits per heavy atom. The number of ether oxygens (including phenoxy) is 2. The van der Waals surface area contributed by atoms with Gasteiger partial charge in [-0.05, 0) is 29.6 Å². The third-order valence-corrected chi connectivity index (χ3v) is 3.41. The number of nitrogens with two attached hydrogens (primary N) is 1. The monoisotopic (exact) mass is 227 g/mol. The van der Waals surface area contributed by atoms with Crippen LogP contribution in [0.1, 0.15) is 11.1 Å². The molecule has 2 aliphatic rings. The number of benzene rings is 1. The lowest BCUT2D eigenvalue weighted by Crippen LogP contribution is -2.57. The van der Waals surface area contributed by atoms with Crippen molar-refractivity contribution < 1.29 is 9.47 Å². The summed E-state index contributed by atoms with van der Waals surface area (Å²) in [6.45, 7) is 0. The van der Waals surface area contributed by atoms with Crippen molar-refractivity contribution in [3.63, 3.8) is 0 Å². The van der Waals surface area contributed by atoms with Crippen LogP contribution in [0.25, 0.3) is 0 Å². The standard InChI is InChI=1S/C10H6B5NO2/c11-8(16)3-4-1-6-7(18-10(14,15)17-6)2-5(4)9(8,12)13/h1-2H,3,16H2/t8-/m1/s1. The van der Waals surface area contributed by atoms with Crippen molar-refractivity contribution in [3.8, 4) is 11.5 Å². The Morgan fingerprint density at radius 2 is 1.56 bits per heavy atom. The summed E-state index contributed by atoms with van der Waals surface area (Å²) in [7, 11) is 29.0. The quantitative estimate of drug-likeness (QED) is 0.535. The second-order valence-electron chi connectivity index (χ2n) is 4.97. The average molecular weight is 226 g/mol. The lowest BCUT2D eigenvalue weighted by molar-refractivity contribution is 0.0833. The van der Waals surface area contributed by atoms with Crippen LogP contribution in [0.4, 0.5) is 0 Å². The maximum absolute atomic E-state index is 6.00. The maximum atomic E-state index is 6.00. The molecule has 0 saturated carbocycles. The summed E-state index contributed by atoms with van der Waals surface area (Å²) in [6, 6.07) is 3.32. The predicted molar refractivity (Wildman–Crippen MR) is 71.5 cm³/mol. The summed E-state index contributed by atoms with van der Waals surface area (Å²) in [4.78, 5) is 0. The summed E-state index contributed by atoms with van der Waals surface area (Å²) in [5, 5.41) is -1.35. The van der Waals surface area contributed by atoms with E-state index in [0.717, 1.165) is 5.56 Å². The zero-order valence-electron chi connectivity index (χ0n) is 9.64. The molecule has 1 aromatic carbocycles. The van der Waals surface area contributed by atoms with Gasteiger partial charge in [0.1, 0.15) is 0 Å². The van der Waals surface area contributed by atoms with E-state index in [9.17, 15) is 0 Å². The minimum atomic E-state index is -1.67. The number of fused-ring (bicyclic) bond motifs is 2. The van der Waals surface area contributed by atoms with Gasteiger partial charge in [-0.15, -0.1) is 0 Å². The molecule has 1 atom stereocenters. The van der Waals surface area contributed by atoms with Crippen LogP contribution in [0.2, 0.25) is 0 Å². The molecular formula is C10H6B5NO2. The molecule has 10 radical (unpaired) electrons. The smallest absolute Gasteiger partial charge is 0.175 e. The summed E-state index contributed by atoms with van der Waals surface area (Å²) < 4.78 is 10.4. The van der Waals surface area contributed by atoms with E-state index in [-0.39, 0.29) is 0 Å². The molecule has 1 heterocycles. The normalized spacial score (nSPS) is 30.1. The van der Waals surface area contributed by atoms with Crippen LogP contribution in [-0.2, 0) is 11.6 Å². The Balaban J connectivity index is 2.13. The Morgan fingerprint density at radius 1 is 1.00 bits per heavy atom. The molecule has 0 amide bonds. The molecule has 0 aromatic heterocycles. The topological polar surface area (TPSA) is 44.5 Å². The van der Waals surface area contributed by atoms with Crippen molar-refractivity contribution in [2.75, 3.05) is 0 Å². The fraction of sp³-hybridized carbons (Fsp3) is 0.400. The van der Waals surface area contributed by atoms with Gasteiger partial charge < -0.3 is 15.2 Å². The largest absolute Gasteiger partial charge is 0.468 e. The molecule has 1 aromatic rings. The van der Waals surface area contributed by atoms with Crippen molar-refractivity contribution in [2.24, 2.45) is 5.73 Å². The van der Waals surface area contributed by atoms with Crippen LogP contribution >= 0.6 is 0 Å². The first-order chi connectivity index (χ1) is 8.12. The Hall–Kier alpha value is -0.895. The minimum Gasteiger partial charge on any atom is -0.468 e. The van der Waals surface area contributed by atoms with E-state index >= 15 is 0 Å². The van der Waals surface area contributed by atoms with Gasteiger partial charge >= 0.3 is 0 Å². The number of rotatable bonds is 0. The van der Waals surface area contributed by atoms with E-state index in [0.29, 0.717) is 23.5 Å². The Labute approximate surface area is 112 Å². The van der Waals surface area contributed by atoms with E-state index in [2.05, 4.69) is 0 Å². The zero-order valence-corrected chi connectivity index (χ0v) is 9.64. The highest BCUT2D eigenvalue weighted by Gasteiger charge is 2.46. The second kappa shape index (κ2) is 3.16. The van der Waals surface area contributed by atoms with Crippen molar-refractivity contribution in [1.82, 2.24) is 0 Å². The molecule has 8 heteroatoms. The van der Waals surface area contributed by atoms with Gasteiger partial charge in [0.05, 0.1) is 23.5 Å². The zero-order chi connectivity index (χ0) is 13.3. The fourth-order valence-electron chi connectivity index (χ4n) is 2.37. The van der Waals surface area contributed by atoms with E-state index in [1.807, 2.05) is 0 Å². The maximum Gasteiger partial charge on any atom is 0.175 e. The highest BCUT2D eigenvalue weighted by atomic mass is 16.7. The molecule has 2 N–H and O–H groups in total. The molecule has 1 aliphatic heterocycles. The van der Waals surface area contributed by atoms with Gasteiger partial charge in [0.25, 0.3) is 0 Å². The Kier molecular flexibility index (Phi) is 2.13. The number of hydrogen-bond donors (Lipinski definition) is 1. The van der Waals surface area contributed by atoms with Crippen LogP contribution in [0.5, 0.6) is 11.5 Å². The van der Waals surface area contributed by atoms with E-state index in [1.165, 1.54) is 0 Å². The molecular weight excluding hydrogens is 220 g/mol. The summed E-state index contributed by atoms with van der Waals surface area (Å²) in [6.07, 6.45) is 0.327. The molecule has 0 saturated heterocycles. The first-order valence-electron chi connectivity index (χ1n) is 5.41. The van der Waals surface area contributed by atoms with E-state index in [4.69, 9.17) is 54.4 Å². The van der Waals surface area contributed by atoms with Crippen LogP contribution in [-0.4, -0.2) is 50.3 Å². The highest BCUT2D eigenvalue weighted by molar-refractivity contribution is 6.46. The van der Waals surface area contributed by atoms with Crippen molar-refractivity contribution >= 4 is 39.2 Å². The fourth-order valence-corrected chi connectivity index (χ4v) is 2.37. The first kappa shape index (κ1) is 12.2. The summed E-state index contributed by atoms with van der Waals surface area (Å²) >= 11 is 0. The third-order valence-electron chi connectivity index (χ3n) is 3.41. The van der Waals surface area contributed by atoms with Crippen molar-refractivity contribution in [3.05, 3.63) is 23.3 Å². The molecule has 0 bridgehead atoms.